The molecule has 104 valence electrons. The fraction of sp³-hybridized carbons (Fsp3) is 0.647. The largest absolute Gasteiger partial charge is 0.392 e. The third-order valence-corrected chi connectivity index (χ3v) is 3.46. The highest BCUT2D eigenvalue weighted by Gasteiger charge is 2.28. The zero-order valence-electron chi connectivity index (χ0n) is 13.0. The number of hydrogen-bond acceptors (Lipinski definition) is 1. The summed E-state index contributed by atoms with van der Waals surface area (Å²) in [6.45, 7) is 12.5. The minimum Gasteiger partial charge on any atom is -0.392 e. The summed E-state index contributed by atoms with van der Waals surface area (Å²) in [7, 11) is 0. The van der Waals surface area contributed by atoms with Gasteiger partial charge in [-0.1, -0.05) is 77.3 Å². The monoisotopic (exact) mass is 250 g/mol. The molecule has 1 nitrogen and oxygen atoms in total. The SMILES string of the molecule is CC.CCCCC(O)C(C)(C)c1ccc(C)cc1. The number of benzene rings is 1. The molecule has 0 radical (unpaired) electrons. The number of aliphatic hydroxyl groups is 1. The number of aryl methyl sites for hydroxylation is 1. The van der Waals surface area contributed by atoms with Gasteiger partial charge in [0, 0.05) is 5.41 Å². The average Bonchev–Trinajstić information content (AvgIpc) is 2.38. The summed E-state index contributed by atoms with van der Waals surface area (Å²) < 4.78 is 0. The minimum atomic E-state index is -0.254. The van der Waals surface area contributed by atoms with Crippen molar-refractivity contribution < 1.29 is 5.11 Å². The van der Waals surface area contributed by atoms with E-state index < -0.39 is 0 Å². The molecule has 0 spiro atoms. The maximum atomic E-state index is 10.2. The van der Waals surface area contributed by atoms with Crippen molar-refractivity contribution in [3.63, 3.8) is 0 Å². The van der Waals surface area contributed by atoms with Gasteiger partial charge >= 0.3 is 0 Å². The van der Waals surface area contributed by atoms with E-state index in [1.165, 1.54) is 11.1 Å². The molecule has 1 aromatic rings. The molecular formula is C17H30O. The molecule has 0 fully saturated rings. The van der Waals surface area contributed by atoms with E-state index in [0.29, 0.717) is 0 Å². The van der Waals surface area contributed by atoms with Crippen molar-refractivity contribution in [2.75, 3.05) is 0 Å². The molecule has 1 heteroatoms. The molecule has 0 aliphatic heterocycles. The molecule has 0 heterocycles. The highest BCUT2D eigenvalue weighted by molar-refractivity contribution is 5.28. The molecule has 0 amide bonds. The maximum absolute atomic E-state index is 10.2. The van der Waals surface area contributed by atoms with Gasteiger partial charge in [-0.3, -0.25) is 0 Å². The van der Waals surface area contributed by atoms with Gasteiger partial charge in [0.2, 0.25) is 0 Å². The Morgan fingerprint density at radius 3 is 2.06 bits per heavy atom. The summed E-state index contributed by atoms with van der Waals surface area (Å²) >= 11 is 0. The smallest absolute Gasteiger partial charge is 0.0631 e. The van der Waals surface area contributed by atoms with Crippen LogP contribution in [0.5, 0.6) is 0 Å². The van der Waals surface area contributed by atoms with Gasteiger partial charge in [-0.15, -0.1) is 0 Å². The number of aliphatic hydroxyl groups excluding tert-OH is 1. The van der Waals surface area contributed by atoms with Gasteiger partial charge in [0.05, 0.1) is 6.10 Å². The Bertz CT molecular complexity index is 311. The van der Waals surface area contributed by atoms with Crippen LogP contribution in [-0.4, -0.2) is 11.2 Å². The Hall–Kier alpha value is -0.820. The van der Waals surface area contributed by atoms with Crippen molar-refractivity contribution in [1.82, 2.24) is 0 Å². The zero-order chi connectivity index (χ0) is 14.2. The first-order valence-corrected chi connectivity index (χ1v) is 7.23. The Morgan fingerprint density at radius 1 is 1.11 bits per heavy atom. The zero-order valence-corrected chi connectivity index (χ0v) is 13.0. The molecule has 18 heavy (non-hydrogen) atoms. The molecule has 1 unspecified atom stereocenters. The lowest BCUT2D eigenvalue weighted by atomic mass is 9.77. The summed E-state index contributed by atoms with van der Waals surface area (Å²) in [4.78, 5) is 0. The molecule has 0 bridgehead atoms. The van der Waals surface area contributed by atoms with Crippen molar-refractivity contribution in [3.05, 3.63) is 35.4 Å². The van der Waals surface area contributed by atoms with Crippen LogP contribution in [0.3, 0.4) is 0 Å². The predicted molar refractivity (Wildman–Crippen MR) is 81.1 cm³/mol. The van der Waals surface area contributed by atoms with Crippen LogP contribution >= 0.6 is 0 Å². The van der Waals surface area contributed by atoms with Gasteiger partial charge in [0.15, 0.2) is 0 Å². The second kappa shape index (κ2) is 8.31. The Morgan fingerprint density at radius 2 is 1.61 bits per heavy atom. The van der Waals surface area contributed by atoms with Gasteiger partial charge in [-0.25, -0.2) is 0 Å². The fourth-order valence-corrected chi connectivity index (χ4v) is 1.93. The standard InChI is InChI=1S/C15H24O.C2H6/c1-5-6-7-14(16)15(3,4)13-10-8-12(2)9-11-13;1-2/h8-11,14,16H,5-7H2,1-4H3;1-2H3. The second-order valence-electron chi connectivity index (χ2n) is 5.25. The third kappa shape index (κ3) is 4.81. The molecule has 0 saturated heterocycles. The van der Waals surface area contributed by atoms with Gasteiger partial charge in [-0.2, -0.15) is 0 Å². The summed E-state index contributed by atoms with van der Waals surface area (Å²) in [5.41, 5.74) is 2.34. The van der Waals surface area contributed by atoms with Crippen molar-refractivity contribution in [2.24, 2.45) is 0 Å². The number of rotatable bonds is 5. The highest BCUT2D eigenvalue weighted by atomic mass is 16.3. The fourth-order valence-electron chi connectivity index (χ4n) is 1.93. The molecule has 1 N–H and O–H groups in total. The van der Waals surface area contributed by atoms with Crippen LogP contribution < -0.4 is 0 Å². The van der Waals surface area contributed by atoms with Crippen LogP contribution in [0.1, 0.15) is 65.0 Å². The average molecular weight is 250 g/mol. The first-order valence-electron chi connectivity index (χ1n) is 7.23. The lowest BCUT2D eigenvalue weighted by Crippen LogP contribution is -2.33. The van der Waals surface area contributed by atoms with Crippen LogP contribution in [0.15, 0.2) is 24.3 Å². The second-order valence-corrected chi connectivity index (χ2v) is 5.25. The Labute approximate surface area is 113 Å². The van der Waals surface area contributed by atoms with E-state index in [4.69, 9.17) is 0 Å². The van der Waals surface area contributed by atoms with Crippen LogP contribution in [0, 0.1) is 6.92 Å². The van der Waals surface area contributed by atoms with E-state index in [9.17, 15) is 5.11 Å². The molecule has 1 aromatic carbocycles. The molecule has 0 aliphatic carbocycles. The lowest BCUT2D eigenvalue weighted by Gasteiger charge is -2.31. The van der Waals surface area contributed by atoms with Gasteiger partial charge < -0.3 is 5.11 Å². The third-order valence-electron chi connectivity index (χ3n) is 3.46. The van der Waals surface area contributed by atoms with E-state index in [2.05, 4.69) is 52.0 Å². The van der Waals surface area contributed by atoms with Crippen molar-refractivity contribution in [2.45, 2.75) is 72.3 Å². The molecule has 1 rings (SSSR count). The van der Waals surface area contributed by atoms with E-state index in [1.54, 1.807) is 0 Å². The van der Waals surface area contributed by atoms with Crippen LogP contribution in [0.4, 0.5) is 0 Å². The van der Waals surface area contributed by atoms with E-state index >= 15 is 0 Å². The number of hydrogen-bond donors (Lipinski definition) is 1. The Balaban J connectivity index is 0.00000137. The maximum Gasteiger partial charge on any atom is 0.0631 e. The Kier molecular flexibility index (Phi) is 7.93. The van der Waals surface area contributed by atoms with E-state index in [1.807, 2.05) is 13.8 Å². The van der Waals surface area contributed by atoms with Crippen LogP contribution in [-0.2, 0) is 5.41 Å². The van der Waals surface area contributed by atoms with Crippen molar-refractivity contribution in [3.8, 4) is 0 Å². The van der Waals surface area contributed by atoms with E-state index in [0.717, 1.165) is 19.3 Å². The molecule has 0 saturated carbocycles. The van der Waals surface area contributed by atoms with Crippen molar-refractivity contribution in [1.29, 1.82) is 0 Å². The first-order chi connectivity index (χ1) is 8.48. The van der Waals surface area contributed by atoms with Crippen LogP contribution in [0.25, 0.3) is 0 Å². The first kappa shape index (κ1) is 17.2. The van der Waals surface area contributed by atoms with Gasteiger partial charge in [-0.05, 0) is 18.9 Å². The topological polar surface area (TPSA) is 20.2 Å². The van der Waals surface area contributed by atoms with Crippen LogP contribution in [0.2, 0.25) is 0 Å². The summed E-state index contributed by atoms with van der Waals surface area (Å²) in [6, 6.07) is 8.49. The quantitative estimate of drug-likeness (QED) is 0.792. The summed E-state index contributed by atoms with van der Waals surface area (Å²) in [5.74, 6) is 0. The molecular weight excluding hydrogens is 220 g/mol. The minimum absolute atomic E-state index is 0.150. The number of unbranched alkanes of at least 4 members (excludes halogenated alkanes) is 1. The molecule has 1 atom stereocenters. The highest BCUT2D eigenvalue weighted by Crippen LogP contribution is 2.29. The van der Waals surface area contributed by atoms with Gasteiger partial charge in [0.25, 0.3) is 0 Å². The summed E-state index contributed by atoms with van der Waals surface area (Å²) in [5, 5.41) is 10.2. The predicted octanol–water partition coefficient (Wildman–Crippen LogP) is 4.85. The molecule has 0 aromatic heterocycles. The van der Waals surface area contributed by atoms with Gasteiger partial charge in [0.1, 0.15) is 0 Å². The van der Waals surface area contributed by atoms with E-state index in [-0.39, 0.29) is 11.5 Å². The summed E-state index contributed by atoms with van der Waals surface area (Å²) in [6.07, 6.45) is 2.87. The normalized spacial score (nSPS) is 12.6. The lowest BCUT2D eigenvalue weighted by molar-refractivity contribution is 0.0890. The van der Waals surface area contributed by atoms with Crippen molar-refractivity contribution >= 4 is 0 Å². The molecule has 0 aliphatic rings.